The van der Waals surface area contributed by atoms with Crippen LogP contribution in [0, 0.1) is 21.4 Å². The molecule has 7 heteroatoms. The highest BCUT2D eigenvalue weighted by Gasteiger charge is 2.07. The molecular weight excluding hydrogens is 306 g/mol. The number of benzene rings is 2. The van der Waals surface area contributed by atoms with E-state index in [1.54, 1.807) is 29.2 Å². The third-order valence-corrected chi connectivity index (χ3v) is 3.40. The maximum absolute atomic E-state index is 10.7. The van der Waals surface area contributed by atoms with Crippen LogP contribution in [0.3, 0.4) is 0 Å². The van der Waals surface area contributed by atoms with Gasteiger partial charge in [-0.05, 0) is 41.5 Å². The molecule has 0 aliphatic carbocycles. The fourth-order valence-corrected chi connectivity index (χ4v) is 2.17. The van der Waals surface area contributed by atoms with Crippen LogP contribution < -0.4 is 0 Å². The van der Waals surface area contributed by atoms with Crippen LogP contribution in [0.5, 0.6) is 0 Å². The number of nitro groups is 1. The zero-order valence-electron chi connectivity index (χ0n) is 12.4. The third-order valence-electron chi connectivity index (χ3n) is 3.40. The van der Waals surface area contributed by atoms with Gasteiger partial charge in [-0.2, -0.15) is 10.4 Å². The van der Waals surface area contributed by atoms with Gasteiger partial charge in [0.05, 0.1) is 22.3 Å². The molecule has 0 N–H and O–H groups in total. The molecule has 0 saturated heterocycles. The lowest BCUT2D eigenvalue weighted by atomic mass is 10.0. The lowest BCUT2D eigenvalue weighted by molar-refractivity contribution is -0.384. The van der Waals surface area contributed by atoms with Gasteiger partial charge in [0, 0.05) is 12.1 Å². The van der Waals surface area contributed by atoms with Crippen LogP contribution in [0.2, 0.25) is 0 Å². The van der Waals surface area contributed by atoms with E-state index in [-0.39, 0.29) is 5.69 Å². The molecule has 116 valence electrons. The normalized spacial score (nSPS) is 11.0. The van der Waals surface area contributed by atoms with Gasteiger partial charge < -0.3 is 0 Å². The van der Waals surface area contributed by atoms with E-state index in [1.807, 2.05) is 24.3 Å². The summed E-state index contributed by atoms with van der Waals surface area (Å²) in [6, 6.07) is 15.5. The van der Waals surface area contributed by atoms with Gasteiger partial charge in [0.25, 0.3) is 5.69 Å². The van der Waals surface area contributed by atoms with Gasteiger partial charge in [-0.25, -0.2) is 9.67 Å². The Morgan fingerprint density at radius 1 is 1.17 bits per heavy atom. The first-order valence-corrected chi connectivity index (χ1v) is 6.99. The largest absolute Gasteiger partial charge is 0.269 e. The molecule has 0 aliphatic rings. The first kappa shape index (κ1) is 15.1. The summed E-state index contributed by atoms with van der Waals surface area (Å²) in [5.74, 6) is 0. The van der Waals surface area contributed by atoms with Gasteiger partial charge in [0.2, 0.25) is 0 Å². The zero-order chi connectivity index (χ0) is 16.9. The monoisotopic (exact) mass is 317 g/mol. The Kier molecular flexibility index (Phi) is 4.12. The fourth-order valence-electron chi connectivity index (χ4n) is 2.17. The first-order chi connectivity index (χ1) is 11.7. The number of non-ortho nitro benzene ring substituents is 1. The Morgan fingerprint density at radius 3 is 2.42 bits per heavy atom. The van der Waals surface area contributed by atoms with Gasteiger partial charge in [-0.15, -0.1) is 0 Å². The fraction of sp³-hybridized carbons (Fsp3) is 0. The summed E-state index contributed by atoms with van der Waals surface area (Å²) in [4.78, 5) is 14.1. The molecule has 0 radical (unpaired) electrons. The summed E-state index contributed by atoms with van der Waals surface area (Å²) < 4.78 is 1.63. The van der Waals surface area contributed by atoms with Crippen LogP contribution in [-0.4, -0.2) is 19.7 Å². The molecule has 0 atom stereocenters. The van der Waals surface area contributed by atoms with Crippen LogP contribution in [-0.2, 0) is 0 Å². The molecule has 0 fully saturated rings. The van der Waals surface area contributed by atoms with Crippen molar-refractivity contribution >= 4 is 17.3 Å². The van der Waals surface area contributed by atoms with Crippen molar-refractivity contribution in [1.29, 1.82) is 5.26 Å². The van der Waals surface area contributed by atoms with E-state index in [0.717, 1.165) is 11.3 Å². The minimum atomic E-state index is -0.470. The van der Waals surface area contributed by atoms with E-state index in [9.17, 15) is 15.4 Å². The zero-order valence-corrected chi connectivity index (χ0v) is 12.4. The second-order valence-electron chi connectivity index (χ2n) is 4.91. The summed E-state index contributed by atoms with van der Waals surface area (Å²) in [5, 5.41) is 24.1. The Balaban J connectivity index is 1.87. The van der Waals surface area contributed by atoms with Crippen molar-refractivity contribution in [3.8, 4) is 11.8 Å². The van der Waals surface area contributed by atoms with Gasteiger partial charge in [0.15, 0.2) is 0 Å². The number of hydrogen-bond donors (Lipinski definition) is 0. The van der Waals surface area contributed by atoms with Crippen LogP contribution in [0.15, 0.2) is 61.2 Å². The number of aromatic nitrogens is 3. The number of hydrogen-bond acceptors (Lipinski definition) is 5. The molecular formula is C17H11N5O2. The van der Waals surface area contributed by atoms with Crippen LogP contribution in [0.4, 0.5) is 5.69 Å². The van der Waals surface area contributed by atoms with Gasteiger partial charge in [0.1, 0.15) is 12.7 Å². The average molecular weight is 317 g/mol. The standard InChI is InChI=1S/C17H11N5O2/c18-10-15(14-3-7-17(8-4-14)22(23)24)9-13-1-5-16(6-2-13)21-12-19-11-20-21/h1-9,11-12H/b15-9-. The SMILES string of the molecule is N#C/C(=C/c1ccc(-n2cncn2)cc1)c1ccc([N+](=O)[O-])cc1. The summed E-state index contributed by atoms with van der Waals surface area (Å²) in [6.45, 7) is 0. The highest BCUT2D eigenvalue weighted by molar-refractivity contribution is 5.89. The van der Waals surface area contributed by atoms with E-state index in [0.29, 0.717) is 11.1 Å². The molecule has 3 rings (SSSR count). The van der Waals surface area contributed by atoms with E-state index in [4.69, 9.17) is 0 Å². The minimum absolute atomic E-state index is 0.00627. The Labute approximate surface area is 137 Å². The number of nitro benzene ring substituents is 1. The van der Waals surface area contributed by atoms with Gasteiger partial charge >= 0.3 is 0 Å². The van der Waals surface area contributed by atoms with Crippen molar-refractivity contribution in [1.82, 2.24) is 14.8 Å². The predicted octanol–water partition coefficient (Wildman–Crippen LogP) is 3.24. The molecule has 24 heavy (non-hydrogen) atoms. The van der Waals surface area contributed by atoms with Crippen molar-refractivity contribution in [3.63, 3.8) is 0 Å². The molecule has 7 nitrogen and oxygen atoms in total. The van der Waals surface area contributed by atoms with Crippen LogP contribution in [0.25, 0.3) is 17.3 Å². The highest BCUT2D eigenvalue weighted by Crippen LogP contribution is 2.21. The van der Waals surface area contributed by atoms with Crippen molar-refractivity contribution in [2.24, 2.45) is 0 Å². The van der Waals surface area contributed by atoms with E-state index in [1.165, 1.54) is 18.5 Å². The molecule has 0 bridgehead atoms. The Morgan fingerprint density at radius 2 is 1.88 bits per heavy atom. The maximum Gasteiger partial charge on any atom is 0.269 e. The summed E-state index contributed by atoms with van der Waals surface area (Å²) in [7, 11) is 0. The first-order valence-electron chi connectivity index (χ1n) is 6.99. The molecule has 0 amide bonds. The van der Waals surface area contributed by atoms with Crippen molar-refractivity contribution in [3.05, 3.63) is 82.4 Å². The number of nitriles is 1. The molecule has 2 aromatic carbocycles. The van der Waals surface area contributed by atoms with E-state index >= 15 is 0 Å². The summed E-state index contributed by atoms with van der Waals surface area (Å²) in [5.41, 5.74) is 2.75. The molecule has 0 aliphatic heterocycles. The summed E-state index contributed by atoms with van der Waals surface area (Å²) >= 11 is 0. The van der Waals surface area contributed by atoms with Gasteiger partial charge in [-0.1, -0.05) is 12.1 Å². The molecule has 0 saturated carbocycles. The second kappa shape index (κ2) is 6.54. The average Bonchev–Trinajstić information content (AvgIpc) is 3.15. The lowest BCUT2D eigenvalue weighted by Gasteiger charge is -2.02. The number of nitrogens with zero attached hydrogens (tertiary/aromatic N) is 5. The minimum Gasteiger partial charge on any atom is -0.258 e. The van der Waals surface area contributed by atoms with E-state index in [2.05, 4.69) is 16.2 Å². The molecule has 1 heterocycles. The molecule has 0 unspecified atom stereocenters. The Hall–Kier alpha value is -3.79. The maximum atomic E-state index is 10.7. The highest BCUT2D eigenvalue weighted by atomic mass is 16.6. The number of allylic oxidation sites excluding steroid dienone is 1. The second-order valence-corrected chi connectivity index (χ2v) is 4.91. The van der Waals surface area contributed by atoms with Crippen LogP contribution >= 0.6 is 0 Å². The quantitative estimate of drug-likeness (QED) is 0.318. The third kappa shape index (κ3) is 3.18. The smallest absolute Gasteiger partial charge is 0.258 e. The molecule has 3 aromatic rings. The molecule has 1 aromatic heterocycles. The lowest BCUT2D eigenvalue weighted by Crippen LogP contribution is -1.93. The van der Waals surface area contributed by atoms with E-state index < -0.39 is 4.92 Å². The number of rotatable bonds is 4. The summed E-state index contributed by atoms with van der Waals surface area (Å²) in [6.07, 6.45) is 4.78. The van der Waals surface area contributed by atoms with Crippen molar-refractivity contribution in [2.75, 3.05) is 0 Å². The van der Waals surface area contributed by atoms with Gasteiger partial charge in [-0.3, -0.25) is 10.1 Å². The topological polar surface area (TPSA) is 97.6 Å². The Bertz CT molecular complexity index is 921. The van der Waals surface area contributed by atoms with Crippen molar-refractivity contribution < 1.29 is 4.92 Å². The molecule has 0 spiro atoms. The van der Waals surface area contributed by atoms with Crippen LogP contribution in [0.1, 0.15) is 11.1 Å². The predicted molar refractivity (Wildman–Crippen MR) is 87.9 cm³/mol. The van der Waals surface area contributed by atoms with Crippen molar-refractivity contribution in [2.45, 2.75) is 0 Å².